The molecule has 0 fully saturated rings. The Morgan fingerprint density at radius 1 is 1.35 bits per heavy atom. The molecular formula is C12H22N2O3. The summed E-state index contributed by atoms with van der Waals surface area (Å²) in [5.74, 6) is -1.04. The van der Waals surface area contributed by atoms with Crippen molar-refractivity contribution in [1.29, 1.82) is 0 Å². The molecule has 5 heteroatoms. The Balaban J connectivity index is 4.43. The summed E-state index contributed by atoms with van der Waals surface area (Å²) in [6.45, 7) is 10.7. The first-order valence-electron chi connectivity index (χ1n) is 5.59. The Morgan fingerprint density at radius 2 is 1.88 bits per heavy atom. The molecule has 2 amide bonds. The van der Waals surface area contributed by atoms with Gasteiger partial charge >= 0.3 is 12.0 Å². The number of hydrogen-bond donors (Lipinski definition) is 3. The fraction of sp³-hybridized carbons (Fsp3) is 0.667. The Hall–Kier alpha value is -1.52. The fourth-order valence-corrected chi connectivity index (χ4v) is 1.35. The molecule has 0 heterocycles. The second kappa shape index (κ2) is 6.27. The minimum atomic E-state index is -1.04. The van der Waals surface area contributed by atoms with E-state index < -0.39 is 23.5 Å². The van der Waals surface area contributed by atoms with E-state index in [0.717, 1.165) is 0 Å². The molecule has 0 aromatic carbocycles. The van der Waals surface area contributed by atoms with E-state index >= 15 is 0 Å². The van der Waals surface area contributed by atoms with Crippen molar-refractivity contribution < 1.29 is 14.7 Å². The maximum atomic E-state index is 11.6. The molecule has 0 bridgehead atoms. The van der Waals surface area contributed by atoms with Gasteiger partial charge in [-0.15, -0.1) is 6.58 Å². The molecule has 0 aromatic heterocycles. The van der Waals surface area contributed by atoms with E-state index in [-0.39, 0.29) is 6.04 Å². The first-order valence-corrected chi connectivity index (χ1v) is 5.59. The molecule has 98 valence electrons. The van der Waals surface area contributed by atoms with Gasteiger partial charge in [0.1, 0.15) is 6.04 Å². The Morgan fingerprint density at radius 3 is 2.24 bits per heavy atom. The number of carboxylic acids is 1. The molecule has 3 N–H and O–H groups in total. The number of carbonyl (C=O) groups excluding carboxylic acids is 1. The summed E-state index contributed by atoms with van der Waals surface area (Å²) in [6.07, 6.45) is 2.34. The molecule has 0 saturated heterocycles. The van der Waals surface area contributed by atoms with Crippen molar-refractivity contribution in [1.82, 2.24) is 10.6 Å². The lowest BCUT2D eigenvalue weighted by molar-refractivity contribution is -0.141. The highest BCUT2D eigenvalue weighted by Gasteiger charge is 2.32. The van der Waals surface area contributed by atoms with Gasteiger partial charge in [-0.2, -0.15) is 0 Å². The van der Waals surface area contributed by atoms with E-state index in [1.807, 2.05) is 6.92 Å². The van der Waals surface area contributed by atoms with Gasteiger partial charge < -0.3 is 15.7 Å². The Bertz CT molecular complexity index is 295. The van der Waals surface area contributed by atoms with Crippen LogP contribution in [0.4, 0.5) is 4.79 Å². The third kappa shape index (κ3) is 5.94. The van der Waals surface area contributed by atoms with Gasteiger partial charge in [0, 0.05) is 6.04 Å². The smallest absolute Gasteiger partial charge is 0.326 e. The summed E-state index contributed by atoms with van der Waals surface area (Å²) >= 11 is 0. The van der Waals surface area contributed by atoms with Crippen LogP contribution in [0.5, 0.6) is 0 Å². The quantitative estimate of drug-likeness (QED) is 0.643. The van der Waals surface area contributed by atoms with Crippen LogP contribution >= 0.6 is 0 Å². The number of nitrogens with one attached hydrogen (secondary N) is 2. The predicted octanol–water partition coefficient (Wildman–Crippen LogP) is 1.75. The average Bonchev–Trinajstić information content (AvgIpc) is 2.12. The second-order valence-electron chi connectivity index (χ2n) is 5.18. The van der Waals surface area contributed by atoms with Crippen molar-refractivity contribution in [2.45, 2.75) is 46.2 Å². The van der Waals surface area contributed by atoms with Crippen LogP contribution in [0.15, 0.2) is 12.7 Å². The van der Waals surface area contributed by atoms with Crippen LogP contribution in [0.1, 0.15) is 34.1 Å². The number of hydrogen-bond acceptors (Lipinski definition) is 2. The first kappa shape index (κ1) is 15.5. The van der Waals surface area contributed by atoms with Crippen LogP contribution in [0.25, 0.3) is 0 Å². The van der Waals surface area contributed by atoms with E-state index in [1.54, 1.807) is 26.8 Å². The molecule has 5 nitrogen and oxygen atoms in total. The minimum absolute atomic E-state index is 0.0677. The van der Waals surface area contributed by atoms with E-state index in [9.17, 15) is 9.59 Å². The lowest BCUT2D eigenvalue weighted by Gasteiger charge is -2.28. The van der Waals surface area contributed by atoms with Crippen molar-refractivity contribution in [3.8, 4) is 0 Å². The number of carbonyl (C=O) groups is 2. The molecule has 0 saturated carbocycles. The zero-order valence-electron chi connectivity index (χ0n) is 10.9. The van der Waals surface area contributed by atoms with Crippen LogP contribution in [-0.4, -0.2) is 29.2 Å². The van der Waals surface area contributed by atoms with Crippen molar-refractivity contribution in [3.63, 3.8) is 0 Å². The van der Waals surface area contributed by atoms with Crippen molar-refractivity contribution in [2.75, 3.05) is 0 Å². The van der Waals surface area contributed by atoms with Crippen LogP contribution in [0.2, 0.25) is 0 Å². The van der Waals surface area contributed by atoms with Gasteiger partial charge in [-0.05, 0) is 18.8 Å². The summed E-state index contributed by atoms with van der Waals surface area (Å²) < 4.78 is 0. The highest BCUT2D eigenvalue weighted by Crippen LogP contribution is 2.19. The average molecular weight is 242 g/mol. The van der Waals surface area contributed by atoms with Crippen LogP contribution in [-0.2, 0) is 4.79 Å². The van der Waals surface area contributed by atoms with Gasteiger partial charge in [-0.3, -0.25) is 0 Å². The molecule has 0 aromatic rings. The molecule has 0 radical (unpaired) electrons. The number of rotatable bonds is 5. The van der Waals surface area contributed by atoms with Crippen molar-refractivity contribution >= 4 is 12.0 Å². The highest BCUT2D eigenvalue weighted by atomic mass is 16.4. The Kier molecular flexibility index (Phi) is 5.71. The molecule has 2 atom stereocenters. The lowest BCUT2D eigenvalue weighted by atomic mass is 9.87. The van der Waals surface area contributed by atoms with Gasteiger partial charge in [-0.1, -0.05) is 26.8 Å². The largest absolute Gasteiger partial charge is 0.480 e. The van der Waals surface area contributed by atoms with E-state index in [1.165, 1.54) is 0 Å². The highest BCUT2D eigenvalue weighted by molar-refractivity contribution is 5.83. The van der Waals surface area contributed by atoms with E-state index in [2.05, 4.69) is 17.2 Å². The molecule has 1 unspecified atom stereocenters. The number of aliphatic carboxylic acids is 1. The molecule has 0 aliphatic heterocycles. The maximum absolute atomic E-state index is 11.6. The number of carboxylic acid groups (broad SMARTS) is 1. The van der Waals surface area contributed by atoms with Gasteiger partial charge in [0.2, 0.25) is 0 Å². The molecule has 0 spiro atoms. The van der Waals surface area contributed by atoms with Crippen LogP contribution < -0.4 is 10.6 Å². The van der Waals surface area contributed by atoms with Gasteiger partial charge in [-0.25, -0.2) is 9.59 Å². The molecular weight excluding hydrogens is 220 g/mol. The summed E-state index contributed by atoms with van der Waals surface area (Å²) in [5.41, 5.74) is -0.537. The van der Waals surface area contributed by atoms with Crippen LogP contribution in [0.3, 0.4) is 0 Å². The topological polar surface area (TPSA) is 78.4 Å². The standard InChI is InChI=1S/C12H22N2O3/c1-6-7-8(2)13-11(17)14-9(10(15)16)12(3,4)5/h6,8-9H,1,7H2,2-5H3,(H,15,16)(H2,13,14,17)/t8?,9-/m1/s1. The van der Waals surface area contributed by atoms with Gasteiger partial charge in [0.05, 0.1) is 0 Å². The summed E-state index contributed by atoms with van der Waals surface area (Å²) in [4.78, 5) is 22.6. The normalized spacial score (nSPS) is 14.6. The zero-order valence-corrected chi connectivity index (χ0v) is 10.9. The number of urea groups is 1. The summed E-state index contributed by atoms with van der Waals surface area (Å²) in [6, 6.07) is -1.46. The SMILES string of the molecule is C=CCC(C)NC(=O)N[C@H](C(=O)O)C(C)(C)C. The second-order valence-corrected chi connectivity index (χ2v) is 5.18. The third-order valence-electron chi connectivity index (χ3n) is 2.29. The number of amides is 2. The molecule has 0 rings (SSSR count). The Labute approximate surface area is 102 Å². The first-order chi connectivity index (χ1) is 7.68. The molecule has 0 aliphatic rings. The predicted molar refractivity (Wildman–Crippen MR) is 66.8 cm³/mol. The fourth-order valence-electron chi connectivity index (χ4n) is 1.35. The van der Waals surface area contributed by atoms with Gasteiger partial charge in [0.15, 0.2) is 0 Å². The lowest BCUT2D eigenvalue weighted by Crippen LogP contribution is -2.53. The molecule has 17 heavy (non-hydrogen) atoms. The van der Waals surface area contributed by atoms with E-state index in [4.69, 9.17) is 5.11 Å². The van der Waals surface area contributed by atoms with Crippen molar-refractivity contribution in [3.05, 3.63) is 12.7 Å². The maximum Gasteiger partial charge on any atom is 0.326 e. The van der Waals surface area contributed by atoms with Crippen LogP contribution in [0, 0.1) is 5.41 Å². The minimum Gasteiger partial charge on any atom is -0.480 e. The third-order valence-corrected chi connectivity index (χ3v) is 2.29. The summed E-state index contributed by atoms with van der Waals surface area (Å²) in [7, 11) is 0. The summed E-state index contributed by atoms with van der Waals surface area (Å²) in [5, 5.41) is 14.2. The monoisotopic (exact) mass is 242 g/mol. The zero-order chi connectivity index (χ0) is 13.6. The van der Waals surface area contributed by atoms with Gasteiger partial charge in [0.25, 0.3) is 0 Å². The van der Waals surface area contributed by atoms with Crippen molar-refractivity contribution in [2.24, 2.45) is 5.41 Å². The molecule has 0 aliphatic carbocycles. The van der Waals surface area contributed by atoms with E-state index in [0.29, 0.717) is 6.42 Å².